The monoisotopic (exact) mass is 365 g/mol. The number of aryl methyl sites for hydroxylation is 1. The van der Waals surface area contributed by atoms with E-state index in [4.69, 9.17) is 0 Å². The van der Waals surface area contributed by atoms with E-state index < -0.39 is 10.0 Å². The van der Waals surface area contributed by atoms with Gasteiger partial charge in [0.2, 0.25) is 15.9 Å². The van der Waals surface area contributed by atoms with Gasteiger partial charge in [0.25, 0.3) is 0 Å². The van der Waals surface area contributed by atoms with Gasteiger partial charge in [-0.2, -0.15) is 0 Å². The predicted octanol–water partition coefficient (Wildman–Crippen LogP) is 1.13. The van der Waals surface area contributed by atoms with E-state index in [1.807, 2.05) is 4.90 Å². The maximum absolute atomic E-state index is 12.5. The second-order valence-corrected chi connectivity index (χ2v) is 9.08. The number of piperidine rings is 1. The molecule has 0 bridgehead atoms. The summed E-state index contributed by atoms with van der Waals surface area (Å²) < 4.78 is 25.7. The van der Waals surface area contributed by atoms with Gasteiger partial charge in [-0.25, -0.2) is 13.1 Å². The van der Waals surface area contributed by atoms with E-state index in [-0.39, 0.29) is 16.2 Å². The van der Waals surface area contributed by atoms with Gasteiger partial charge in [-0.1, -0.05) is 12.1 Å². The first-order valence-electron chi connectivity index (χ1n) is 8.95. The van der Waals surface area contributed by atoms with Crippen molar-refractivity contribution in [2.24, 2.45) is 5.41 Å². The molecule has 2 aliphatic heterocycles. The molecule has 1 aromatic carbocycles. The Balaban J connectivity index is 1.53. The molecule has 2 fully saturated rings. The number of carbonyl (C=O) groups excluding carboxylic acids is 1. The highest BCUT2D eigenvalue weighted by Gasteiger charge is 2.40. The molecule has 0 aromatic heterocycles. The number of benzene rings is 1. The molecule has 1 amide bonds. The fourth-order valence-electron chi connectivity index (χ4n) is 3.89. The number of carbonyl (C=O) groups is 1. The van der Waals surface area contributed by atoms with E-state index in [1.165, 1.54) is 19.9 Å². The van der Waals surface area contributed by atoms with E-state index in [9.17, 15) is 13.2 Å². The lowest BCUT2D eigenvalue weighted by molar-refractivity contribution is -0.130. The van der Waals surface area contributed by atoms with Crippen molar-refractivity contribution in [3.8, 4) is 0 Å². The second kappa shape index (κ2) is 7.43. The molecule has 1 atom stereocenters. The second-order valence-electron chi connectivity index (χ2n) is 7.20. The Kier molecular flexibility index (Phi) is 5.46. The van der Waals surface area contributed by atoms with Gasteiger partial charge in [0.15, 0.2) is 0 Å². The fraction of sp³-hybridized carbons (Fsp3) is 0.611. The van der Waals surface area contributed by atoms with Gasteiger partial charge in [-0.3, -0.25) is 4.79 Å². The molecule has 1 spiro atoms. The summed E-state index contributed by atoms with van der Waals surface area (Å²) in [6.07, 6.45) is 4.62. The molecule has 3 rings (SSSR count). The van der Waals surface area contributed by atoms with Crippen LogP contribution in [-0.4, -0.2) is 52.5 Å². The number of amides is 1. The summed E-state index contributed by atoms with van der Waals surface area (Å²) in [4.78, 5) is 14.8. The molecular weight excluding hydrogens is 338 g/mol. The number of sulfonamides is 1. The molecule has 0 aliphatic carbocycles. The minimum absolute atomic E-state index is 0.203. The van der Waals surface area contributed by atoms with Crippen LogP contribution in [0.4, 0.5) is 0 Å². The Morgan fingerprint density at radius 2 is 2.04 bits per heavy atom. The molecule has 0 saturated carbocycles. The van der Waals surface area contributed by atoms with Gasteiger partial charge in [0.05, 0.1) is 4.90 Å². The average molecular weight is 365 g/mol. The maximum atomic E-state index is 12.5. The summed E-state index contributed by atoms with van der Waals surface area (Å²) in [5.41, 5.74) is 1.27. The van der Waals surface area contributed by atoms with Crippen LogP contribution in [0.1, 0.15) is 31.2 Å². The molecule has 2 heterocycles. The molecular formula is C18H27N3O3S. The van der Waals surface area contributed by atoms with Gasteiger partial charge >= 0.3 is 0 Å². The minimum Gasteiger partial charge on any atom is -0.342 e. The molecule has 25 heavy (non-hydrogen) atoms. The van der Waals surface area contributed by atoms with E-state index in [1.54, 1.807) is 24.3 Å². The van der Waals surface area contributed by atoms with Crippen LogP contribution in [0, 0.1) is 5.41 Å². The summed E-state index contributed by atoms with van der Waals surface area (Å²) in [7, 11) is -2.01. The lowest BCUT2D eigenvalue weighted by atomic mass is 9.80. The van der Waals surface area contributed by atoms with Crippen LogP contribution in [0.2, 0.25) is 0 Å². The van der Waals surface area contributed by atoms with Gasteiger partial charge in [0, 0.05) is 31.5 Å². The van der Waals surface area contributed by atoms with Crippen molar-refractivity contribution in [3.63, 3.8) is 0 Å². The number of hydrogen-bond acceptors (Lipinski definition) is 4. The highest BCUT2D eigenvalue weighted by Crippen LogP contribution is 2.36. The van der Waals surface area contributed by atoms with Crippen molar-refractivity contribution < 1.29 is 13.2 Å². The van der Waals surface area contributed by atoms with Crippen molar-refractivity contribution in [3.05, 3.63) is 29.8 Å². The van der Waals surface area contributed by atoms with Crippen LogP contribution in [-0.2, 0) is 21.2 Å². The summed E-state index contributed by atoms with van der Waals surface area (Å²) in [6, 6.07) is 6.75. The predicted molar refractivity (Wildman–Crippen MR) is 96.7 cm³/mol. The van der Waals surface area contributed by atoms with Gasteiger partial charge in [-0.15, -0.1) is 0 Å². The van der Waals surface area contributed by atoms with Crippen LogP contribution >= 0.6 is 0 Å². The quantitative estimate of drug-likeness (QED) is 0.820. The summed E-state index contributed by atoms with van der Waals surface area (Å²) in [5, 5.41) is 3.46. The number of nitrogens with zero attached hydrogens (tertiary/aromatic N) is 1. The van der Waals surface area contributed by atoms with Crippen LogP contribution in [0.3, 0.4) is 0 Å². The van der Waals surface area contributed by atoms with Crippen molar-refractivity contribution >= 4 is 15.9 Å². The van der Waals surface area contributed by atoms with Crippen molar-refractivity contribution in [1.82, 2.24) is 14.9 Å². The number of nitrogens with one attached hydrogen (secondary N) is 2. The van der Waals surface area contributed by atoms with Gasteiger partial charge < -0.3 is 10.2 Å². The third-order valence-corrected chi connectivity index (χ3v) is 6.91. The van der Waals surface area contributed by atoms with Gasteiger partial charge in [-0.05, 0) is 57.0 Å². The maximum Gasteiger partial charge on any atom is 0.240 e. The first-order chi connectivity index (χ1) is 11.9. The van der Waals surface area contributed by atoms with E-state index in [0.29, 0.717) is 12.8 Å². The lowest BCUT2D eigenvalue weighted by Gasteiger charge is -2.33. The minimum atomic E-state index is -3.41. The van der Waals surface area contributed by atoms with Crippen LogP contribution in [0.15, 0.2) is 29.2 Å². The smallest absolute Gasteiger partial charge is 0.240 e. The fourth-order valence-corrected chi connectivity index (χ4v) is 4.62. The topological polar surface area (TPSA) is 78.5 Å². The highest BCUT2D eigenvalue weighted by atomic mass is 32.2. The number of rotatable bonds is 5. The molecule has 1 aromatic rings. The largest absolute Gasteiger partial charge is 0.342 e. The van der Waals surface area contributed by atoms with Crippen LogP contribution in [0.5, 0.6) is 0 Å². The Morgan fingerprint density at radius 3 is 2.68 bits per heavy atom. The number of hydrogen-bond donors (Lipinski definition) is 2. The molecule has 6 nitrogen and oxygen atoms in total. The number of likely N-dealkylation sites (tertiary alicyclic amines) is 1. The van der Waals surface area contributed by atoms with Crippen molar-refractivity contribution in [1.29, 1.82) is 0 Å². The zero-order valence-electron chi connectivity index (χ0n) is 14.8. The first kappa shape index (κ1) is 18.4. The van der Waals surface area contributed by atoms with Crippen LogP contribution in [0.25, 0.3) is 0 Å². The van der Waals surface area contributed by atoms with Crippen molar-refractivity contribution in [2.75, 3.05) is 33.2 Å². The zero-order chi connectivity index (χ0) is 17.9. The summed E-state index contributed by atoms with van der Waals surface area (Å²) in [6.45, 7) is 3.85. The molecule has 0 radical (unpaired) electrons. The molecule has 2 N–H and O–H groups in total. The van der Waals surface area contributed by atoms with Gasteiger partial charge in [0.1, 0.15) is 0 Å². The summed E-state index contributed by atoms with van der Waals surface area (Å²) in [5.74, 6) is 0.203. The Hall–Kier alpha value is -1.44. The molecule has 7 heteroatoms. The first-order valence-corrected chi connectivity index (χ1v) is 10.4. The highest BCUT2D eigenvalue weighted by molar-refractivity contribution is 7.89. The van der Waals surface area contributed by atoms with Crippen molar-refractivity contribution in [2.45, 2.75) is 37.0 Å². The average Bonchev–Trinajstić information content (AvgIpc) is 3.04. The molecule has 2 aliphatic rings. The molecule has 1 unspecified atom stereocenters. The van der Waals surface area contributed by atoms with E-state index in [2.05, 4.69) is 10.0 Å². The normalized spacial score (nSPS) is 24.0. The van der Waals surface area contributed by atoms with Crippen LogP contribution < -0.4 is 10.0 Å². The standard InChI is InChI=1S/C18H27N3O3S/c1-19-25(23,24)16-6-3-15(4-7-16)5-8-17(22)21-12-10-18(14-21)9-2-11-20-13-18/h3-4,6-7,19-20H,2,5,8-14H2,1H3. The Morgan fingerprint density at radius 1 is 1.28 bits per heavy atom. The molecule has 2 saturated heterocycles. The third-order valence-electron chi connectivity index (χ3n) is 5.48. The molecule has 138 valence electrons. The zero-order valence-corrected chi connectivity index (χ0v) is 15.6. The lowest BCUT2D eigenvalue weighted by Crippen LogP contribution is -2.42. The Labute approximate surface area is 150 Å². The van der Waals surface area contributed by atoms with E-state index in [0.717, 1.165) is 38.2 Å². The SMILES string of the molecule is CNS(=O)(=O)c1ccc(CCC(=O)N2CCC3(CCCNC3)C2)cc1. The third kappa shape index (κ3) is 4.22. The van der Waals surface area contributed by atoms with E-state index >= 15 is 0 Å². The Bertz CT molecular complexity index is 710. The summed E-state index contributed by atoms with van der Waals surface area (Å²) >= 11 is 0.